The van der Waals surface area contributed by atoms with Crippen LogP contribution in [0.3, 0.4) is 0 Å². The predicted octanol–water partition coefficient (Wildman–Crippen LogP) is 3.65. The van der Waals surface area contributed by atoms with Gasteiger partial charge in [-0.1, -0.05) is 26.7 Å². The molecule has 2 unspecified atom stereocenters. The van der Waals surface area contributed by atoms with Gasteiger partial charge >= 0.3 is 0 Å². The predicted molar refractivity (Wildman–Crippen MR) is 80.8 cm³/mol. The van der Waals surface area contributed by atoms with E-state index in [9.17, 15) is 0 Å². The Balaban J connectivity index is 2.14. The Morgan fingerprint density at radius 3 is 2.67 bits per heavy atom. The first-order chi connectivity index (χ1) is 8.80. The fraction of sp³-hybridized carbons (Fsp3) is 1.00. The van der Waals surface area contributed by atoms with Crippen molar-refractivity contribution in [3.05, 3.63) is 0 Å². The number of nitrogens with two attached hydrogens (primary N) is 1. The summed E-state index contributed by atoms with van der Waals surface area (Å²) in [5.74, 6) is 1.86. The Morgan fingerprint density at radius 1 is 1.17 bits per heavy atom. The van der Waals surface area contributed by atoms with Crippen LogP contribution in [0.15, 0.2) is 0 Å². The number of hydrogen-bond donors (Lipinski definition) is 1. The molecule has 1 fully saturated rings. The van der Waals surface area contributed by atoms with E-state index in [2.05, 4.69) is 18.7 Å². The molecule has 1 rings (SSSR count). The highest BCUT2D eigenvalue weighted by Gasteiger charge is 2.15. The van der Waals surface area contributed by atoms with Gasteiger partial charge in [-0.2, -0.15) is 0 Å². The summed E-state index contributed by atoms with van der Waals surface area (Å²) in [6.07, 6.45) is 10.9. The van der Waals surface area contributed by atoms with Gasteiger partial charge in [-0.25, -0.2) is 0 Å². The summed E-state index contributed by atoms with van der Waals surface area (Å²) < 4.78 is 0. The molecule has 0 bridgehead atoms. The SMILES string of the molecule is CCC(CCN)CCCN1CCCC(CC)CC1. The van der Waals surface area contributed by atoms with E-state index in [1.165, 1.54) is 71.0 Å². The molecule has 0 aromatic carbocycles. The third kappa shape index (κ3) is 6.19. The van der Waals surface area contributed by atoms with E-state index in [4.69, 9.17) is 5.73 Å². The van der Waals surface area contributed by atoms with Gasteiger partial charge in [-0.15, -0.1) is 0 Å². The highest BCUT2D eigenvalue weighted by Crippen LogP contribution is 2.21. The van der Waals surface area contributed by atoms with Gasteiger partial charge in [-0.3, -0.25) is 0 Å². The van der Waals surface area contributed by atoms with Gasteiger partial charge in [0.25, 0.3) is 0 Å². The molecular formula is C16H34N2. The quantitative estimate of drug-likeness (QED) is 0.716. The maximum Gasteiger partial charge on any atom is -0.00161 e. The van der Waals surface area contributed by atoms with E-state index >= 15 is 0 Å². The second-order valence-electron chi connectivity index (χ2n) is 6.04. The van der Waals surface area contributed by atoms with Crippen molar-refractivity contribution < 1.29 is 0 Å². The zero-order valence-corrected chi connectivity index (χ0v) is 12.7. The molecule has 2 N–H and O–H groups in total. The Hall–Kier alpha value is -0.0800. The maximum absolute atomic E-state index is 5.66. The van der Waals surface area contributed by atoms with Crippen molar-refractivity contribution in [1.82, 2.24) is 4.90 Å². The molecule has 2 heteroatoms. The standard InChI is InChI=1S/C16H34N2/c1-3-15(9-11-17)7-5-12-18-13-6-8-16(4-2)10-14-18/h15-16H,3-14,17H2,1-2H3. The average Bonchev–Trinajstić information content (AvgIpc) is 2.63. The van der Waals surface area contributed by atoms with Crippen LogP contribution in [-0.2, 0) is 0 Å². The molecule has 0 radical (unpaired) electrons. The zero-order chi connectivity index (χ0) is 13.2. The summed E-state index contributed by atoms with van der Waals surface area (Å²) in [6.45, 7) is 9.51. The molecule has 108 valence electrons. The Bertz CT molecular complexity index is 194. The van der Waals surface area contributed by atoms with Crippen LogP contribution < -0.4 is 5.73 Å². The van der Waals surface area contributed by atoms with Crippen LogP contribution in [0.5, 0.6) is 0 Å². The highest BCUT2D eigenvalue weighted by atomic mass is 15.1. The maximum atomic E-state index is 5.66. The van der Waals surface area contributed by atoms with E-state index in [0.29, 0.717) is 0 Å². The smallest absolute Gasteiger partial charge is 0.00161 e. The Kier molecular flexibility index (Phi) is 8.70. The summed E-state index contributed by atoms with van der Waals surface area (Å²) in [6, 6.07) is 0. The third-order valence-electron chi connectivity index (χ3n) is 4.76. The molecule has 0 aliphatic carbocycles. The van der Waals surface area contributed by atoms with E-state index in [0.717, 1.165) is 18.4 Å². The van der Waals surface area contributed by atoms with Crippen molar-refractivity contribution in [3.63, 3.8) is 0 Å². The molecule has 2 atom stereocenters. The van der Waals surface area contributed by atoms with Crippen molar-refractivity contribution in [2.45, 2.75) is 65.2 Å². The van der Waals surface area contributed by atoms with Crippen molar-refractivity contribution in [2.75, 3.05) is 26.2 Å². The molecule has 1 heterocycles. The van der Waals surface area contributed by atoms with Gasteiger partial charge in [0, 0.05) is 0 Å². The molecule has 1 aliphatic heterocycles. The second kappa shape index (κ2) is 9.80. The molecule has 0 aromatic rings. The van der Waals surface area contributed by atoms with E-state index in [1.807, 2.05) is 0 Å². The van der Waals surface area contributed by atoms with Crippen molar-refractivity contribution >= 4 is 0 Å². The van der Waals surface area contributed by atoms with Crippen molar-refractivity contribution in [3.8, 4) is 0 Å². The molecular weight excluding hydrogens is 220 g/mol. The monoisotopic (exact) mass is 254 g/mol. The minimum absolute atomic E-state index is 0.862. The molecule has 18 heavy (non-hydrogen) atoms. The van der Waals surface area contributed by atoms with Crippen molar-refractivity contribution in [2.24, 2.45) is 17.6 Å². The Labute approximate surface area is 114 Å². The van der Waals surface area contributed by atoms with Crippen LogP contribution in [-0.4, -0.2) is 31.1 Å². The second-order valence-corrected chi connectivity index (χ2v) is 6.04. The first-order valence-electron chi connectivity index (χ1n) is 8.22. The van der Waals surface area contributed by atoms with E-state index < -0.39 is 0 Å². The number of nitrogens with zero attached hydrogens (tertiary/aromatic N) is 1. The van der Waals surface area contributed by atoms with Gasteiger partial charge in [0.2, 0.25) is 0 Å². The third-order valence-corrected chi connectivity index (χ3v) is 4.76. The van der Waals surface area contributed by atoms with Gasteiger partial charge in [-0.05, 0) is 76.5 Å². The first kappa shape index (κ1) is 16.0. The minimum Gasteiger partial charge on any atom is -0.330 e. The summed E-state index contributed by atoms with van der Waals surface area (Å²) in [5, 5.41) is 0. The van der Waals surface area contributed by atoms with E-state index in [-0.39, 0.29) is 0 Å². The summed E-state index contributed by atoms with van der Waals surface area (Å²) in [5.41, 5.74) is 5.66. The van der Waals surface area contributed by atoms with Gasteiger partial charge in [0.1, 0.15) is 0 Å². The molecule has 0 aromatic heterocycles. The molecule has 0 saturated carbocycles. The summed E-state index contributed by atoms with van der Waals surface area (Å²) in [7, 11) is 0. The lowest BCUT2D eigenvalue weighted by atomic mass is 9.96. The van der Waals surface area contributed by atoms with Crippen molar-refractivity contribution in [1.29, 1.82) is 0 Å². The van der Waals surface area contributed by atoms with Crippen LogP contribution in [0.4, 0.5) is 0 Å². The fourth-order valence-corrected chi connectivity index (χ4v) is 3.25. The summed E-state index contributed by atoms with van der Waals surface area (Å²) in [4.78, 5) is 2.70. The Morgan fingerprint density at radius 2 is 2.00 bits per heavy atom. The topological polar surface area (TPSA) is 29.3 Å². The average molecular weight is 254 g/mol. The lowest BCUT2D eigenvalue weighted by Gasteiger charge is -2.21. The van der Waals surface area contributed by atoms with Crippen LogP contribution in [0.1, 0.15) is 65.2 Å². The van der Waals surface area contributed by atoms with Crippen LogP contribution in [0, 0.1) is 11.8 Å². The molecule has 1 saturated heterocycles. The summed E-state index contributed by atoms with van der Waals surface area (Å²) >= 11 is 0. The first-order valence-corrected chi connectivity index (χ1v) is 8.22. The number of hydrogen-bond acceptors (Lipinski definition) is 2. The molecule has 1 aliphatic rings. The minimum atomic E-state index is 0.862. The molecule has 0 amide bonds. The lowest BCUT2D eigenvalue weighted by Crippen LogP contribution is -2.26. The largest absolute Gasteiger partial charge is 0.330 e. The molecule has 0 spiro atoms. The van der Waals surface area contributed by atoms with Crippen LogP contribution >= 0.6 is 0 Å². The van der Waals surface area contributed by atoms with E-state index in [1.54, 1.807) is 0 Å². The normalized spacial score (nSPS) is 23.8. The zero-order valence-electron chi connectivity index (χ0n) is 12.7. The van der Waals surface area contributed by atoms with Crippen LogP contribution in [0.25, 0.3) is 0 Å². The van der Waals surface area contributed by atoms with Gasteiger partial charge in [0.05, 0.1) is 0 Å². The van der Waals surface area contributed by atoms with Gasteiger partial charge < -0.3 is 10.6 Å². The molecule has 2 nitrogen and oxygen atoms in total. The number of rotatable bonds is 8. The fourth-order valence-electron chi connectivity index (χ4n) is 3.25. The lowest BCUT2D eigenvalue weighted by molar-refractivity contribution is 0.263. The van der Waals surface area contributed by atoms with Crippen LogP contribution in [0.2, 0.25) is 0 Å². The van der Waals surface area contributed by atoms with Gasteiger partial charge in [0.15, 0.2) is 0 Å². The highest BCUT2D eigenvalue weighted by molar-refractivity contribution is 4.70. The number of likely N-dealkylation sites (tertiary alicyclic amines) is 1.